The van der Waals surface area contributed by atoms with Gasteiger partial charge in [-0.25, -0.2) is 9.78 Å². The van der Waals surface area contributed by atoms with Gasteiger partial charge in [0.15, 0.2) is 11.5 Å². The number of nitrogens with zero attached hydrogens (tertiary/aromatic N) is 2. The van der Waals surface area contributed by atoms with Gasteiger partial charge in [0, 0.05) is 10.9 Å². The number of ether oxygens (including phenoxy) is 2. The van der Waals surface area contributed by atoms with Gasteiger partial charge < -0.3 is 14.8 Å². The Morgan fingerprint density at radius 2 is 1.71 bits per heavy atom. The summed E-state index contributed by atoms with van der Waals surface area (Å²) < 4.78 is 10.7. The highest BCUT2D eigenvalue weighted by molar-refractivity contribution is 7.13. The van der Waals surface area contributed by atoms with E-state index in [1.54, 1.807) is 21.1 Å². The first-order chi connectivity index (χ1) is 16.1. The Labute approximate surface area is 203 Å². The monoisotopic (exact) mass is 479 g/mol. The first-order valence-electron chi connectivity index (χ1n) is 11.0. The molecule has 1 aliphatic heterocycles. The molecule has 3 aromatic rings. The molecule has 1 N–H and O–H groups in total. The number of hydrogen-bond donors (Lipinski definition) is 1. The molecule has 1 aromatic heterocycles. The maximum atomic E-state index is 13.3. The highest BCUT2D eigenvalue weighted by Crippen LogP contribution is 2.35. The minimum atomic E-state index is -1.12. The van der Waals surface area contributed by atoms with Crippen LogP contribution in [-0.2, 0) is 22.3 Å². The minimum absolute atomic E-state index is 0.00460. The molecule has 34 heavy (non-hydrogen) atoms. The molecule has 1 unspecified atom stereocenters. The maximum Gasteiger partial charge on any atom is 0.325 e. The predicted octanol–water partition coefficient (Wildman–Crippen LogP) is 5.09. The van der Waals surface area contributed by atoms with Crippen LogP contribution in [0.1, 0.15) is 44.5 Å². The van der Waals surface area contributed by atoms with Crippen LogP contribution < -0.4 is 14.8 Å². The molecule has 0 bridgehead atoms. The first-order valence-corrected chi connectivity index (χ1v) is 11.9. The van der Waals surface area contributed by atoms with Crippen molar-refractivity contribution in [2.75, 3.05) is 14.2 Å². The summed E-state index contributed by atoms with van der Waals surface area (Å²) in [4.78, 5) is 32.0. The number of methoxy groups -OCH3 is 2. The van der Waals surface area contributed by atoms with Crippen molar-refractivity contribution in [1.29, 1.82) is 0 Å². The summed E-state index contributed by atoms with van der Waals surface area (Å²) in [6.45, 7) is 8.26. The molecule has 0 saturated carbocycles. The molecular weight excluding hydrogens is 450 g/mol. The number of thiazole rings is 1. The summed E-state index contributed by atoms with van der Waals surface area (Å²) in [6.07, 6.45) is 0. The number of aromatic nitrogens is 1. The summed E-state index contributed by atoms with van der Waals surface area (Å²) >= 11 is 1.44. The molecular formula is C26H29N3O4S. The smallest absolute Gasteiger partial charge is 0.325 e. The van der Waals surface area contributed by atoms with E-state index < -0.39 is 11.6 Å². The van der Waals surface area contributed by atoms with Gasteiger partial charge in [0.05, 0.1) is 26.5 Å². The quantitative estimate of drug-likeness (QED) is 0.498. The van der Waals surface area contributed by atoms with Crippen molar-refractivity contribution < 1.29 is 19.1 Å². The van der Waals surface area contributed by atoms with Crippen LogP contribution in [0, 0.1) is 0 Å². The highest BCUT2D eigenvalue weighted by Gasteiger charge is 2.49. The highest BCUT2D eigenvalue weighted by atomic mass is 32.1. The summed E-state index contributed by atoms with van der Waals surface area (Å²) in [5, 5.41) is 5.50. The van der Waals surface area contributed by atoms with Crippen molar-refractivity contribution in [3.05, 3.63) is 64.7 Å². The van der Waals surface area contributed by atoms with Gasteiger partial charge in [-0.05, 0) is 41.7 Å². The van der Waals surface area contributed by atoms with E-state index in [2.05, 4.69) is 31.1 Å². The van der Waals surface area contributed by atoms with Crippen molar-refractivity contribution >= 4 is 23.3 Å². The Morgan fingerprint density at radius 3 is 2.32 bits per heavy atom. The average Bonchev–Trinajstić information content (AvgIpc) is 3.37. The third-order valence-corrected chi connectivity index (χ3v) is 7.05. The Hall–Kier alpha value is -3.39. The van der Waals surface area contributed by atoms with Gasteiger partial charge >= 0.3 is 6.03 Å². The van der Waals surface area contributed by atoms with Crippen molar-refractivity contribution in [2.24, 2.45) is 0 Å². The predicted molar refractivity (Wildman–Crippen MR) is 132 cm³/mol. The lowest BCUT2D eigenvalue weighted by Gasteiger charge is -2.24. The van der Waals surface area contributed by atoms with Crippen molar-refractivity contribution in [3.8, 4) is 22.1 Å². The lowest BCUT2D eigenvalue weighted by Crippen LogP contribution is -2.40. The van der Waals surface area contributed by atoms with Crippen LogP contribution in [-0.4, -0.2) is 36.0 Å². The number of rotatable bonds is 6. The van der Waals surface area contributed by atoms with Gasteiger partial charge in [0.1, 0.15) is 10.5 Å². The number of imide groups is 1. The van der Waals surface area contributed by atoms with E-state index in [1.165, 1.54) is 21.8 Å². The van der Waals surface area contributed by atoms with Crippen LogP contribution in [0.4, 0.5) is 4.79 Å². The van der Waals surface area contributed by atoms with Gasteiger partial charge in [-0.15, -0.1) is 11.3 Å². The van der Waals surface area contributed by atoms with Gasteiger partial charge in [0.2, 0.25) is 0 Å². The minimum Gasteiger partial charge on any atom is -0.493 e. The van der Waals surface area contributed by atoms with Crippen molar-refractivity contribution in [1.82, 2.24) is 15.2 Å². The summed E-state index contributed by atoms with van der Waals surface area (Å²) in [7, 11) is 3.17. The van der Waals surface area contributed by atoms with E-state index in [0.717, 1.165) is 16.1 Å². The van der Waals surface area contributed by atoms with Crippen LogP contribution in [0.2, 0.25) is 0 Å². The third kappa shape index (κ3) is 4.25. The standard InChI is InChI=1S/C26H29N3O4S/c1-25(2,3)17-8-10-18(11-9-17)26(4)23(30)29(24(31)28-26)14-19-15-34-22(27-19)16-7-12-20(32-5)21(13-16)33-6/h7-13,15H,14H2,1-6H3,(H,28,31). The molecule has 1 fully saturated rings. The normalized spacial score (nSPS) is 18.2. The molecule has 0 radical (unpaired) electrons. The molecule has 2 heterocycles. The Bertz CT molecular complexity index is 1230. The molecule has 1 atom stereocenters. The van der Waals surface area contributed by atoms with Gasteiger partial charge in [0.25, 0.3) is 5.91 Å². The topological polar surface area (TPSA) is 80.8 Å². The number of carbonyl (C=O) groups is 2. The number of benzene rings is 2. The molecule has 3 amide bonds. The molecule has 8 heteroatoms. The van der Waals surface area contributed by atoms with E-state index >= 15 is 0 Å². The van der Waals surface area contributed by atoms with Crippen LogP contribution in [0.25, 0.3) is 10.6 Å². The molecule has 0 spiro atoms. The van der Waals surface area contributed by atoms with Crippen molar-refractivity contribution in [3.63, 3.8) is 0 Å². The van der Waals surface area contributed by atoms with Gasteiger partial charge in [-0.2, -0.15) is 0 Å². The van der Waals surface area contributed by atoms with E-state index in [1.807, 2.05) is 47.8 Å². The van der Waals surface area contributed by atoms with Crippen LogP contribution >= 0.6 is 11.3 Å². The molecule has 4 rings (SSSR count). The maximum absolute atomic E-state index is 13.3. The second-order valence-corrected chi connectivity index (χ2v) is 10.3. The Balaban J connectivity index is 1.54. The zero-order valence-electron chi connectivity index (χ0n) is 20.3. The SMILES string of the molecule is COc1ccc(-c2nc(CN3C(=O)NC(C)(c4ccc(C(C)(C)C)cc4)C3=O)cs2)cc1OC. The lowest BCUT2D eigenvalue weighted by atomic mass is 9.84. The van der Waals surface area contributed by atoms with E-state index in [0.29, 0.717) is 17.2 Å². The number of amides is 3. The average molecular weight is 480 g/mol. The fourth-order valence-electron chi connectivity index (χ4n) is 3.98. The Morgan fingerprint density at radius 1 is 1.03 bits per heavy atom. The lowest BCUT2D eigenvalue weighted by molar-refractivity contribution is -0.131. The second kappa shape index (κ2) is 8.76. The summed E-state index contributed by atoms with van der Waals surface area (Å²) in [6, 6.07) is 13.0. The fraction of sp³-hybridized carbons (Fsp3) is 0.346. The zero-order chi connectivity index (χ0) is 24.7. The second-order valence-electron chi connectivity index (χ2n) is 9.49. The molecule has 178 valence electrons. The van der Waals surface area contributed by atoms with Crippen LogP contribution in [0.15, 0.2) is 47.8 Å². The molecule has 7 nitrogen and oxygen atoms in total. The number of urea groups is 1. The Kier molecular flexibility index (Phi) is 6.12. The van der Waals surface area contributed by atoms with E-state index in [4.69, 9.17) is 9.47 Å². The number of nitrogens with one attached hydrogen (secondary N) is 1. The summed E-state index contributed by atoms with van der Waals surface area (Å²) in [5.41, 5.74) is 2.32. The molecule has 2 aromatic carbocycles. The van der Waals surface area contributed by atoms with Crippen LogP contribution in [0.3, 0.4) is 0 Å². The number of carbonyl (C=O) groups excluding carboxylic acids is 2. The van der Waals surface area contributed by atoms with Crippen molar-refractivity contribution in [2.45, 2.75) is 45.2 Å². The van der Waals surface area contributed by atoms with Crippen LogP contribution in [0.5, 0.6) is 11.5 Å². The third-order valence-electron chi connectivity index (χ3n) is 6.11. The first kappa shape index (κ1) is 23.8. The van der Waals surface area contributed by atoms with Gasteiger partial charge in [-0.3, -0.25) is 9.69 Å². The molecule has 0 aliphatic carbocycles. The fourth-order valence-corrected chi connectivity index (χ4v) is 4.79. The van der Waals surface area contributed by atoms with E-state index in [9.17, 15) is 9.59 Å². The summed E-state index contributed by atoms with van der Waals surface area (Å²) in [5.74, 6) is 0.956. The largest absolute Gasteiger partial charge is 0.493 e. The van der Waals surface area contributed by atoms with Gasteiger partial charge in [-0.1, -0.05) is 45.0 Å². The molecule has 1 aliphatic rings. The zero-order valence-corrected chi connectivity index (χ0v) is 21.1. The van der Waals surface area contributed by atoms with E-state index in [-0.39, 0.29) is 17.9 Å². The molecule has 1 saturated heterocycles. The number of hydrogen-bond acceptors (Lipinski definition) is 6.